The third kappa shape index (κ3) is 2.15. The molecule has 18 heavy (non-hydrogen) atoms. The molecule has 0 saturated heterocycles. The Morgan fingerprint density at radius 3 is 2.61 bits per heavy atom. The van der Waals surface area contributed by atoms with Crippen molar-refractivity contribution in [2.45, 2.75) is 32.4 Å². The highest BCUT2D eigenvalue weighted by atomic mass is 16.1. The van der Waals surface area contributed by atoms with E-state index < -0.39 is 0 Å². The highest BCUT2D eigenvalue weighted by molar-refractivity contribution is 5.91. The van der Waals surface area contributed by atoms with Crippen molar-refractivity contribution in [2.75, 3.05) is 12.4 Å². The normalized spacial score (nSPS) is 25.1. The standard InChI is InChI=1S/C12H19N5O/c1-12(2)8(13)6-9(12)15-10-5-4-7(16-17-10)11(18)14-3/h4-5,8-9H,6,13H2,1-3H3,(H,14,18)(H,15,17). The molecule has 1 aliphatic carbocycles. The Kier molecular flexibility index (Phi) is 3.21. The van der Waals surface area contributed by atoms with E-state index in [4.69, 9.17) is 5.73 Å². The number of anilines is 1. The molecule has 2 rings (SSSR count). The predicted molar refractivity (Wildman–Crippen MR) is 69.2 cm³/mol. The average Bonchev–Trinajstić information content (AvgIpc) is 2.38. The molecule has 0 bridgehead atoms. The molecule has 6 nitrogen and oxygen atoms in total. The summed E-state index contributed by atoms with van der Waals surface area (Å²) in [5, 5.41) is 13.7. The second kappa shape index (κ2) is 4.53. The molecule has 1 aromatic heterocycles. The van der Waals surface area contributed by atoms with Crippen LogP contribution in [0.5, 0.6) is 0 Å². The van der Waals surface area contributed by atoms with E-state index in [1.165, 1.54) is 0 Å². The van der Waals surface area contributed by atoms with Crippen LogP contribution in [0.1, 0.15) is 30.8 Å². The molecule has 1 amide bonds. The van der Waals surface area contributed by atoms with Crippen LogP contribution >= 0.6 is 0 Å². The summed E-state index contributed by atoms with van der Waals surface area (Å²) in [6.45, 7) is 4.26. The molecular weight excluding hydrogens is 230 g/mol. The van der Waals surface area contributed by atoms with Gasteiger partial charge in [-0.3, -0.25) is 4.79 Å². The van der Waals surface area contributed by atoms with Crippen molar-refractivity contribution in [1.82, 2.24) is 15.5 Å². The maximum Gasteiger partial charge on any atom is 0.271 e. The Balaban J connectivity index is 2.01. The van der Waals surface area contributed by atoms with Crippen molar-refractivity contribution in [2.24, 2.45) is 11.1 Å². The van der Waals surface area contributed by atoms with Gasteiger partial charge in [-0.1, -0.05) is 13.8 Å². The van der Waals surface area contributed by atoms with Crippen LogP contribution in [0.25, 0.3) is 0 Å². The summed E-state index contributed by atoms with van der Waals surface area (Å²) in [6.07, 6.45) is 0.922. The van der Waals surface area contributed by atoms with Crippen molar-refractivity contribution in [1.29, 1.82) is 0 Å². The van der Waals surface area contributed by atoms with Crippen molar-refractivity contribution in [3.8, 4) is 0 Å². The zero-order chi connectivity index (χ0) is 13.3. The quantitative estimate of drug-likeness (QED) is 0.720. The zero-order valence-corrected chi connectivity index (χ0v) is 10.9. The maximum atomic E-state index is 11.3. The van der Waals surface area contributed by atoms with Gasteiger partial charge in [0.1, 0.15) is 5.82 Å². The van der Waals surface area contributed by atoms with Gasteiger partial charge < -0.3 is 16.4 Å². The summed E-state index contributed by atoms with van der Waals surface area (Å²) >= 11 is 0. The van der Waals surface area contributed by atoms with Gasteiger partial charge in [0.15, 0.2) is 5.69 Å². The van der Waals surface area contributed by atoms with E-state index in [0.717, 1.165) is 6.42 Å². The third-order valence-corrected chi connectivity index (χ3v) is 3.79. The van der Waals surface area contributed by atoms with Gasteiger partial charge in [0.05, 0.1) is 0 Å². The van der Waals surface area contributed by atoms with Crippen molar-refractivity contribution >= 4 is 11.7 Å². The van der Waals surface area contributed by atoms with Crippen LogP contribution in [0, 0.1) is 5.41 Å². The second-order valence-electron chi connectivity index (χ2n) is 5.24. The first-order valence-corrected chi connectivity index (χ1v) is 6.03. The fraction of sp³-hybridized carbons (Fsp3) is 0.583. The van der Waals surface area contributed by atoms with Crippen molar-refractivity contribution < 1.29 is 4.79 Å². The average molecular weight is 249 g/mol. The molecule has 2 unspecified atom stereocenters. The maximum absolute atomic E-state index is 11.3. The fourth-order valence-electron chi connectivity index (χ4n) is 2.04. The molecule has 1 aliphatic rings. The molecule has 0 radical (unpaired) electrons. The Labute approximate surface area is 106 Å². The molecule has 2 atom stereocenters. The number of amides is 1. The molecule has 98 valence electrons. The van der Waals surface area contributed by atoms with E-state index >= 15 is 0 Å². The fourth-order valence-corrected chi connectivity index (χ4v) is 2.04. The lowest BCUT2D eigenvalue weighted by atomic mass is 9.63. The minimum absolute atomic E-state index is 0.0567. The Morgan fingerprint density at radius 2 is 2.17 bits per heavy atom. The molecular formula is C12H19N5O. The molecule has 1 heterocycles. The Morgan fingerprint density at radius 1 is 1.44 bits per heavy atom. The first kappa shape index (κ1) is 12.8. The molecule has 1 aromatic rings. The minimum atomic E-state index is -0.236. The van der Waals surface area contributed by atoms with Crippen LogP contribution in [0.15, 0.2) is 12.1 Å². The van der Waals surface area contributed by atoms with E-state index in [0.29, 0.717) is 17.6 Å². The van der Waals surface area contributed by atoms with E-state index in [1.54, 1.807) is 19.2 Å². The highest BCUT2D eigenvalue weighted by Crippen LogP contribution is 2.40. The van der Waals surface area contributed by atoms with Crippen LogP contribution in [0.2, 0.25) is 0 Å². The zero-order valence-electron chi connectivity index (χ0n) is 10.9. The first-order chi connectivity index (χ1) is 8.45. The van der Waals surface area contributed by atoms with Gasteiger partial charge in [-0.2, -0.15) is 0 Å². The number of nitrogens with one attached hydrogen (secondary N) is 2. The number of hydrogen-bond acceptors (Lipinski definition) is 5. The summed E-state index contributed by atoms with van der Waals surface area (Å²) in [6, 6.07) is 3.93. The summed E-state index contributed by atoms with van der Waals surface area (Å²) < 4.78 is 0. The van der Waals surface area contributed by atoms with Crippen LogP contribution in [0.4, 0.5) is 5.82 Å². The summed E-state index contributed by atoms with van der Waals surface area (Å²) in [5.41, 5.74) is 6.32. The number of hydrogen-bond donors (Lipinski definition) is 3. The summed E-state index contributed by atoms with van der Waals surface area (Å²) in [5.74, 6) is 0.438. The third-order valence-electron chi connectivity index (χ3n) is 3.79. The SMILES string of the molecule is CNC(=O)c1ccc(NC2CC(N)C2(C)C)nn1. The number of carbonyl (C=O) groups excluding carboxylic acids is 1. The summed E-state index contributed by atoms with van der Waals surface area (Å²) in [7, 11) is 1.56. The van der Waals surface area contributed by atoms with Crippen LogP contribution in [-0.4, -0.2) is 35.2 Å². The van der Waals surface area contributed by atoms with Crippen molar-refractivity contribution in [3.63, 3.8) is 0 Å². The number of carbonyl (C=O) groups is 1. The smallest absolute Gasteiger partial charge is 0.271 e. The molecule has 0 aliphatic heterocycles. The monoisotopic (exact) mass is 249 g/mol. The van der Waals surface area contributed by atoms with E-state index in [1.807, 2.05) is 0 Å². The number of nitrogens with two attached hydrogens (primary N) is 1. The number of aromatic nitrogens is 2. The topological polar surface area (TPSA) is 92.9 Å². The second-order valence-corrected chi connectivity index (χ2v) is 5.24. The first-order valence-electron chi connectivity index (χ1n) is 6.03. The predicted octanol–water partition coefficient (Wildman–Crippen LogP) is 0.374. The van der Waals surface area contributed by atoms with Crippen LogP contribution in [-0.2, 0) is 0 Å². The van der Waals surface area contributed by atoms with Gasteiger partial charge >= 0.3 is 0 Å². The Hall–Kier alpha value is -1.69. The molecule has 4 N–H and O–H groups in total. The molecule has 6 heteroatoms. The lowest BCUT2D eigenvalue weighted by Gasteiger charge is -2.50. The Bertz CT molecular complexity index is 442. The number of rotatable bonds is 3. The van der Waals surface area contributed by atoms with E-state index in [-0.39, 0.29) is 17.4 Å². The lowest BCUT2D eigenvalue weighted by molar-refractivity contribution is 0.0957. The van der Waals surface area contributed by atoms with Gasteiger partial charge in [-0.15, -0.1) is 10.2 Å². The summed E-state index contributed by atoms with van der Waals surface area (Å²) in [4.78, 5) is 11.3. The van der Waals surface area contributed by atoms with E-state index in [9.17, 15) is 4.79 Å². The van der Waals surface area contributed by atoms with Crippen molar-refractivity contribution in [3.05, 3.63) is 17.8 Å². The highest BCUT2D eigenvalue weighted by Gasteiger charge is 2.46. The minimum Gasteiger partial charge on any atom is -0.365 e. The van der Waals surface area contributed by atoms with Gasteiger partial charge in [0, 0.05) is 24.5 Å². The molecule has 1 fully saturated rings. The van der Waals surface area contributed by atoms with E-state index in [2.05, 4.69) is 34.7 Å². The van der Waals surface area contributed by atoms with Gasteiger partial charge in [0.25, 0.3) is 5.91 Å². The van der Waals surface area contributed by atoms with Gasteiger partial charge in [0.2, 0.25) is 0 Å². The largest absolute Gasteiger partial charge is 0.365 e. The van der Waals surface area contributed by atoms with Gasteiger partial charge in [-0.25, -0.2) is 0 Å². The molecule has 0 aromatic carbocycles. The van der Waals surface area contributed by atoms with Crippen LogP contribution < -0.4 is 16.4 Å². The van der Waals surface area contributed by atoms with Crippen LogP contribution in [0.3, 0.4) is 0 Å². The lowest BCUT2D eigenvalue weighted by Crippen LogP contribution is -2.61. The molecule has 1 saturated carbocycles. The number of nitrogens with zero attached hydrogens (tertiary/aromatic N) is 2. The van der Waals surface area contributed by atoms with Gasteiger partial charge in [-0.05, 0) is 18.6 Å². The molecule has 0 spiro atoms.